The Morgan fingerprint density at radius 3 is 2.71 bits per heavy atom. The van der Waals surface area contributed by atoms with Gasteiger partial charge < -0.3 is 10.1 Å². The fourth-order valence-corrected chi connectivity index (χ4v) is 1.85. The first-order chi connectivity index (χ1) is 8.06. The van der Waals surface area contributed by atoms with E-state index in [1.807, 2.05) is 7.05 Å². The number of carbonyl (C=O) groups is 1. The molecule has 0 radical (unpaired) electrons. The molecule has 0 aliphatic heterocycles. The fourth-order valence-electron chi connectivity index (χ4n) is 1.85. The Balaban J connectivity index is 2.73. The SMILES string of the molecule is CNC(CC(=O)OC)Cc1cc(C)ccc1C. The molecule has 0 aromatic heterocycles. The summed E-state index contributed by atoms with van der Waals surface area (Å²) in [6.45, 7) is 4.18. The van der Waals surface area contributed by atoms with E-state index in [1.54, 1.807) is 0 Å². The highest BCUT2D eigenvalue weighted by atomic mass is 16.5. The lowest BCUT2D eigenvalue weighted by atomic mass is 9.97. The van der Waals surface area contributed by atoms with Gasteiger partial charge in [0.2, 0.25) is 0 Å². The number of likely N-dealkylation sites (N-methyl/N-ethyl adjacent to an activating group) is 1. The molecule has 0 amide bonds. The summed E-state index contributed by atoms with van der Waals surface area (Å²) in [7, 11) is 3.30. The monoisotopic (exact) mass is 235 g/mol. The fraction of sp³-hybridized carbons (Fsp3) is 0.500. The number of hydrogen-bond acceptors (Lipinski definition) is 3. The van der Waals surface area contributed by atoms with Crippen LogP contribution >= 0.6 is 0 Å². The van der Waals surface area contributed by atoms with Crippen LogP contribution in [0.1, 0.15) is 23.1 Å². The van der Waals surface area contributed by atoms with Crippen molar-refractivity contribution in [1.82, 2.24) is 5.32 Å². The van der Waals surface area contributed by atoms with Crippen molar-refractivity contribution in [2.45, 2.75) is 32.7 Å². The summed E-state index contributed by atoms with van der Waals surface area (Å²) >= 11 is 0. The topological polar surface area (TPSA) is 38.3 Å². The van der Waals surface area contributed by atoms with Crippen LogP contribution in [0.3, 0.4) is 0 Å². The Morgan fingerprint density at radius 1 is 1.41 bits per heavy atom. The predicted molar refractivity (Wildman–Crippen MR) is 69.1 cm³/mol. The van der Waals surface area contributed by atoms with Crippen LogP contribution in [0.2, 0.25) is 0 Å². The number of nitrogens with one attached hydrogen (secondary N) is 1. The number of carbonyl (C=O) groups excluding carboxylic acids is 1. The van der Waals surface area contributed by atoms with Gasteiger partial charge in [0.05, 0.1) is 13.5 Å². The second-order valence-electron chi connectivity index (χ2n) is 4.40. The smallest absolute Gasteiger partial charge is 0.307 e. The molecule has 1 unspecified atom stereocenters. The third kappa shape index (κ3) is 4.19. The van der Waals surface area contributed by atoms with E-state index in [4.69, 9.17) is 4.74 Å². The summed E-state index contributed by atoms with van der Waals surface area (Å²) in [5.74, 6) is -0.172. The summed E-state index contributed by atoms with van der Waals surface area (Å²) in [5.41, 5.74) is 3.80. The van der Waals surface area contributed by atoms with Crippen LogP contribution in [0.4, 0.5) is 0 Å². The van der Waals surface area contributed by atoms with E-state index < -0.39 is 0 Å². The highest BCUT2D eigenvalue weighted by molar-refractivity contribution is 5.70. The van der Waals surface area contributed by atoms with Crippen molar-refractivity contribution < 1.29 is 9.53 Å². The zero-order valence-electron chi connectivity index (χ0n) is 11.0. The maximum Gasteiger partial charge on any atom is 0.307 e. The highest BCUT2D eigenvalue weighted by Crippen LogP contribution is 2.14. The second kappa shape index (κ2) is 6.40. The molecule has 94 valence electrons. The molecule has 0 saturated carbocycles. The van der Waals surface area contributed by atoms with E-state index in [1.165, 1.54) is 23.8 Å². The van der Waals surface area contributed by atoms with E-state index >= 15 is 0 Å². The van der Waals surface area contributed by atoms with Crippen molar-refractivity contribution in [2.75, 3.05) is 14.2 Å². The van der Waals surface area contributed by atoms with Crippen LogP contribution < -0.4 is 5.32 Å². The van der Waals surface area contributed by atoms with Gasteiger partial charge in [-0.05, 0) is 38.4 Å². The molecule has 0 aliphatic carbocycles. The minimum Gasteiger partial charge on any atom is -0.469 e. The highest BCUT2D eigenvalue weighted by Gasteiger charge is 2.14. The summed E-state index contributed by atoms with van der Waals surface area (Å²) < 4.78 is 4.70. The Kier molecular flexibility index (Phi) is 5.16. The van der Waals surface area contributed by atoms with Crippen LogP contribution in [0.15, 0.2) is 18.2 Å². The Labute approximate surface area is 103 Å². The van der Waals surface area contributed by atoms with Crippen molar-refractivity contribution in [1.29, 1.82) is 0 Å². The Morgan fingerprint density at radius 2 is 2.12 bits per heavy atom. The number of esters is 1. The number of benzene rings is 1. The third-order valence-electron chi connectivity index (χ3n) is 3.02. The number of rotatable bonds is 5. The van der Waals surface area contributed by atoms with Gasteiger partial charge in [0.15, 0.2) is 0 Å². The molecular formula is C14H21NO2. The predicted octanol–water partition coefficient (Wildman–Crippen LogP) is 2.00. The lowest BCUT2D eigenvalue weighted by Crippen LogP contribution is -2.31. The van der Waals surface area contributed by atoms with E-state index in [9.17, 15) is 4.79 Å². The van der Waals surface area contributed by atoms with Gasteiger partial charge >= 0.3 is 5.97 Å². The molecule has 1 atom stereocenters. The summed E-state index contributed by atoms with van der Waals surface area (Å²) in [6, 6.07) is 6.53. The van der Waals surface area contributed by atoms with Gasteiger partial charge in [-0.2, -0.15) is 0 Å². The Hall–Kier alpha value is -1.35. The first-order valence-electron chi connectivity index (χ1n) is 5.87. The first-order valence-corrected chi connectivity index (χ1v) is 5.87. The van der Waals surface area contributed by atoms with Crippen LogP contribution in [-0.2, 0) is 16.0 Å². The van der Waals surface area contributed by atoms with E-state index in [0.717, 1.165) is 6.42 Å². The molecule has 0 saturated heterocycles. The molecule has 0 spiro atoms. The molecule has 1 N–H and O–H groups in total. The molecule has 1 rings (SSSR count). The van der Waals surface area contributed by atoms with Crippen molar-refractivity contribution in [3.05, 3.63) is 34.9 Å². The molecule has 1 aromatic rings. The molecule has 0 heterocycles. The zero-order chi connectivity index (χ0) is 12.8. The van der Waals surface area contributed by atoms with Crippen molar-refractivity contribution >= 4 is 5.97 Å². The molecule has 0 fully saturated rings. The maximum atomic E-state index is 11.3. The molecule has 1 aromatic carbocycles. The lowest BCUT2D eigenvalue weighted by Gasteiger charge is -2.16. The van der Waals surface area contributed by atoms with Gasteiger partial charge in [0.25, 0.3) is 0 Å². The number of ether oxygens (including phenoxy) is 1. The van der Waals surface area contributed by atoms with Crippen LogP contribution in [0.25, 0.3) is 0 Å². The van der Waals surface area contributed by atoms with Crippen molar-refractivity contribution in [3.63, 3.8) is 0 Å². The Bertz CT molecular complexity index is 388. The van der Waals surface area contributed by atoms with E-state index in [2.05, 4.69) is 37.4 Å². The van der Waals surface area contributed by atoms with E-state index in [0.29, 0.717) is 6.42 Å². The maximum absolute atomic E-state index is 11.3. The summed E-state index contributed by atoms with van der Waals surface area (Å²) in [6.07, 6.45) is 1.25. The van der Waals surface area contributed by atoms with Crippen molar-refractivity contribution in [2.24, 2.45) is 0 Å². The number of hydrogen-bond donors (Lipinski definition) is 1. The summed E-state index contributed by atoms with van der Waals surface area (Å²) in [4.78, 5) is 11.3. The minimum absolute atomic E-state index is 0.128. The zero-order valence-corrected chi connectivity index (χ0v) is 11.0. The van der Waals surface area contributed by atoms with Crippen LogP contribution in [-0.4, -0.2) is 26.2 Å². The first kappa shape index (κ1) is 13.7. The van der Waals surface area contributed by atoms with Gasteiger partial charge in [0.1, 0.15) is 0 Å². The van der Waals surface area contributed by atoms with Gasteiger partial charge in [-0.1, -0.05) is 23.8 Å². The molecule has 3 nitrogen and oxygen atoms in total. The third-order valence-corrected chi connectivity index (χ3v) is 3.02. The minimum atomic E-state index is -0.172. The molecule has 0 aliphatic rings. The van der Waals surface area contributed by atoms with Crippen molar-refractivity contribution in [3.8, 4) is 0 Å². The largest absolute Gasteiger partial charge is 0.469 e. The van der Waals surface area contributed by atoms with Crippen LogP contribution in [0, 0.1) is 13.8 Å². The summed E-state index contributed by atoms with van der Waals surface area (Å²) in [5, 5.41) is 3.16. The number of aryl methyl sites for hydroxylation is 2. The van der Waals surface area contributed by atoms with Gasteiger partial charge in [0, 0.05) is 6.04 Å². The lowest BCUT2D eigenvalue weighted by molar-refractivity contribution is -0.141. The molecule has 0 bridgehead atoms. The molecule has 3 heteroatoms. The quantitative estimate of drug-likeness (QED) is 0.793. The molecular weight excluding hydrogens is 214 g/mol. The standard InChI is InChI=1S/C14H21NO2/c1-10-5-6-11(2)12(7-10)8-13(15-3)9-14(16)17-4/h5-7,13,15H,8-9H2,1-4H3. The van der Waals surface area contributed by atoms with Gasteiger partial charge in [-0.15, -0.1) is 0 Å². The van der Waals surface area contributed by atoms with Gasteiger partial charge in [-0.25, -0.2) is 0 Å². The average Bonchev–Trinajstić information content (AvgIpc) is 2.32. The molecule has 17 heavy (non-hydrogen) atoms. The van der Waals surface area contributed by atoms with Gasteiger partial charge in [-0.3, -0.25) is 4.79 Å². The number of methoxy groups -OCH3 is 1. The second-order valence-corrected chi connectivity index (χ2v) is 4.40. The van der Waals surface area contributed by atoms with Crippen LogP contribution in [0.5, 0.6) is 0 Å². The normalized spacial score (nSPS) is 12.2. The van der Waals surface area contributed by atoms with E-state index in [-0.39, 0.29) is 12.0 Å². The average molecular weight is 235 g/mol.